The maximum absolute atomic E-state index is 13.0. The van der Waals surface area contributed by atoms with Gasteiger partial charge in [0.2, 0.25) is 0 Å². The molecule has 0 bridgehead atoms. The van der Waals surface area contributed by atoms with Gasteiger partial charge in [-0.1, -0.05) is 30.0 Å². The maximum Gasteiger partial charge on any atom is 0.277 e. The zero-order valence-electron chi connectivity index (χ0n) is 11.3. The van der Waals surface area contributed by atoms with Crippen molar-refractivity contribution in [1.29, 1.82) is 0 Å². The van der Waals surface area contributed by atoms with Crippen LogP contribution < -0.4 is 5.73 Å². The van der Waals surface area contributed by atoms with Crippen molar-refractivity contribution in [3.63, 3.8) is 0 Å². The van der Waals surface area contributed by atoms with Gasteiger partial charge in [-0.2, -0.15) is 0 Å². The number of amides is 1. The number of hydrogen-bond donors (Lipinski definition) is 1. The van der Waals surface area contributed by atoms with Gasteiger partial charge in [-0.05, 0) is 30.3 Å². The predicted octanol–water partition coefficient (Wildman–Crippen LogP) is 4.20. The molecule has 22 heavy (non-hydrogen) atoms. The SMILES string of the molecule is NC(=O)c1ncc(-c2ccccc2Sc2ccc(F)cc2)s1. The highest BCUT2D eigenvalue weighted by Gasteiger charge is 2.12. The molecule has 0 unspecified atom stereocenters. The fraction of sp³-hybridized carbons (Fsp3) is 0. The molecule has 6 heteroatoms. The second-order valence-corrected chi connectivity index (χ2v) is 6.59. The minimum absolute atomic E-state index is 0.258. The lowest BCUT2D eigenvalue weighted by Crippen LogP contribution is -2.09. The highest BCUT2D eigenvalue weighted by atomic mass is 32.2. The largest absolute Gasteiger partial charge is 0.364 e. The van der Waals surface area contributed by atoms with Gasteiger partial charge in [0.05, 0.1) is 4.88 Å². The predicted molar refractivity (Wildman–Crippen MR) is 86.6 cm³/mol. The molecule has 0 fully saturated rings. The minimum atomic E-state index is -0.528. The highest BCUT2D eigenvalue weighted by Crippen LogP contribution is 2.37. The molecule has 0 aliphatic rings. The van der Waals surface area contributed by atoms with E-state index in [9.17, 15) is 9.18 Å². The quantitative estimate of drug-likeness (QED) is 0.780. The Labute approximate surface area is 135 Å². The first kappa shape index (κ1) is 14.7. The van der Waals surface area contributed by atoms with E-state index in [1.165, 1.54) is 35.2 Å². The first-order valence-corrected chi connectivity index (χ1v) is 8.05. The van der Waals surface area contributed by atoms with Crippen LogP contribution in [-0.4, -0.2) is 10.9 Å². The van der Waals surface area contributed by atoms with E-state index in [4.69, 9.17) is 5.73 Å². The van der Waals surface area contributed by atoms with Gasteiger partial charge in [-0.3, -0.25) is 4.79 Å². The molecule has 0 atom stereocenters. The van der Waals surface area contributed by atoms with Crippen LogP contribution in [0.1, 0.15) is 9.80 Å². The summed E-state index contributed by atoms with van der Waals surface area (Å²) in [6.07, 6.45) is 1.65. The lowest BCUT2D eigenvalue weighted by Gasteiger charge is -2.07. The summed E-state index contributed by atoms with van der Waals surface area (Å²) in [5.41, 5.74) is 6.22. The number of nitrogens with two attached hydrogens (primary N) is 1. The molecule has 0 saturated carbocycles. The van der Waals surface area contributed by atoms with Crippen molar-refractivity contribution in [3.05, 3.63) is 65.6 Å². The van der Waals surface area contributed by atoms with Crippen LogP contribution in [0.2, 0.25) is 0 Å². The van der Waals surface area contributed by atoms with Crippen LogP contribution in [0.5, 0.6) is 0 Å². The van der Waals surface area contributed by atoms with Crippen molar-refractivity contribution in [2.75, 3.05) is 0 Å². The molecular weight excluding hydrogens is 319 g/mol. The Morgan fingerprint density at radius 2 is 1.86 bits per heavy atom. The molecule has 0 aliphatic carbocycles. The van der Waals surface area contributed by atoms with E-state index in [1.807, 2.05) is 24.3 Å². The Morgan fingerprint density at radius 1 is 1.14 bits per heavy atom. The highest BCUT2D eigenvalue weighted by molar-refractivity contribution is 7.99. The Hall–Kier alpha value is -2.18. The third-order valence-electron chi connectivity index (χ3n) is 2.91. The third-order valence-corrected chi connectivity index (χ3v) is 5.04. The average molecular weight is 330 g/mol. The number of hydrogen-bond acceptors (Lipinski definition) is 4. The standard InChI is InChI=1S/C16H11FN2OS2/c17-10-5-7-11(8-6-10)21-13-4-2-1-3-12(13)14-9-19-16(22-14)15(18)20/h1-9H,(H2,18,20). The molecule has 1 aromatic heterocycles. The summed E-state index contributed by atoms with van der Waals surface area (Å²) in [6.45, 7) is 0. The van der Waals surface area contributed by atoms with E-state index in [0.717, 1.165) is 20.2 Å². The van der Waals surface area contributed by atoms with E-state index in [1.54, 1.807) is 18.3 Å². The van der Waals surface area contributed by atoms with E-state index in [2.05, 4.69) is 4.98 Å². The number of nitrogens with zero attached hydrogens (tertiary/aromatic N) is 1. The Morgan fingerprint density at radius 3 is 2.55 bits per heavy atom. The van der Waals surface area contributed by atoms with Crippen molar-refractivity contribution in [2.45, 2.75) is 9.79 Å². The monoisotopic (exact) mass is 330 g/mol. The summed E-state index contributed by atoms with van der Waals surface area (Å²) < 4.78 is 13.0. The molecule has 3 rings (SSSR count). The normalized spacial score (nSPS) is 10.6. The Kier molecular flexibility index (Phi) is 4.22. The molecule has 2 N–H and O–H groups in total. The van der Waals surface area contributed by atoms with Gasteiger partial charge in [0.1, 0.15) is 5.82 Å². The van der Waals surface area contributed by atoms with Crippen LogP contribution in [0.3, 0.4) is 0 Å². The first-order chi connectivity index (χ1) is 10.6. The second kappa shape index (κ2) is 6.29. The van der Waals surface area contributed by atoms with Crippen molar-refractivity contribution in [2.24, 2.45) is 5.73 Å². The lowest BCUT2D eigenvalue weighted by molar-refractivity contribution is 0.1000. The van der Waals surface area contributed by atoms with Gasteiger partial charge in [0.15, 0.2) is 5.01 Å². The van der Waals surface area contributed by atoms with Crippen LogP contribution in [0, 0.1) is 5.82 Å². The molecule has 110 valence electrons. The molecule has 1 heterocycles. The number of thiazole rings is 1. The van der Waals surface area contributed by atoms with Crippen molar-refractivity contribution >= 4 is 29.0 Å². The van der Waals surface area contributed by atoms with Crippen LogP contribution >= 0.6 is 23.1 Å². The number of carbonyl (C=O) groups excluding carboxylic acids is 1. The maximum atomic E-state index is 13.0. The zero-order chi connectivity index (χ0) is 15.5. The van der Waals surface area contributed by atoms with Crippen molar-refractivity contribution in [3.8, 4) is 10.4 Å². The first-order valence-electron chi connectivity index (χ1n) is 6.42. The second-order valence-electron chi connectivity index (χ2n) is 4.45. The van der Waals surface area contributed by atoms with Crippen molar-refractivity contribution in [1.82, 2.24) is 4.98 Å². The summed E-state index contributed by atoms with van der Waals surface area (Å²) in [6, 6.07) is 14.1. The molecule has 0 radical (unpaired) electrons. The number of primary amides is 1. The van der Waals surface area contributed by atoms with Gasteiger partial charge in [0, 0.05) is 21.6 Å². The van der Waals surface area contributed by atoms with Gasteiger partial charge in [-0.15, -0.1) is 11.3 Å². The fourth-order valence-corrected chi connectivity index (χ4v) is 3.73. The van der Waals surface area contributed by atoms with Gasteiger partial charge >= 0.3 is 0 Å². The molecule has 1 amide bonds. The minimum Gasteiger partial charge on any atom is -0.364 e. The van der Waals surface area contributed by atoms with E-state index < -0.39 is 5.91 Å². The number of benzene rings is 2. The Bertz CT molecular complexity index is 815. The van der Waals surface area contributed by atoms with Crippen LogP contribution in [0.4, 0.5) is 4.39 Å². The summed E-state index contributed by atoms with van der Waals surface area (Å²) in [5.74, 6) is -0.786. The topological polar surface area (TPSA) is 56.0 Å². The van der Waals surface area contributed by atoms with Gasteiger partial charge in [0.25, 0.3) is 5.91 Å². The summed E-state index contributed by atoms with van der Waals surface area (Å²) >= 11 is 2.79. The number of carbonyl (C=O) groups is 1. The molecule has 3 aromatic rings. The molecule has 0 saturated heterocycles. The lowest BCUT2D eigenvalue weighted by atomic mass is 10.2. The third kappa shape index (κ3) is 3.18. The van der Waals surface area contributed by atoms with E-state index in [0.29, 0.717) is 0 Å². The van der Waals surface area contributed by atoms with Crippen LogP contribution in [0.15, 0.2) is 64.5 Å². The van der Waals surface area contributed by atoms with Crippen molar-refractivity contribution < 1.29 is 9.18 Å². The number of aromatic nitrogens is 1. The fourth-order valence-electron chi connectivity index (χ4n) is 1.90. The van der Waals surface area contributed by atoms with Gasteiger partial charge < -0.3 is 5.73 Å². The van der Waals surface area contributed by atoms with E-state index >= 15 is 0 Å². The van der Waals surface area contributed by atoms with Crippen LogP contribution in [-0.2, 0) is 0 Å². The van der Waals surface area contributed by atoms with Gasteiger partial charge in [-0.25, -0.2) is 9.37 Å². The molecule has 2 aromatic carbocycles. The molecule has 0 aliphatic heterocycles. The van der Waals surface area contributed by atoms with Crippen LogP contribution in [0.25, 0.3) is 10.4 Å². The number of halogens is 1. The summed E-state index contributed by atoms with van der Waals surface area (Å²) in [7, 11) is 0. The summed E-state index contributed by atoms with van der Waals surface area (Å²) in [5, 5.41) is 0.289. The average Bonchev–Trinajstić information content (AvgIpc) is 3.00. The molecule has 3 nitrogen and oxygen atoms in total. The smallest absolute Gasteiger partial charge is 0.277 e. The summed E-state index contributed by atoms with van der Waals surface area (Å²) in [4.78, 5) is 18.0. The van der Waals surface area contributed by atoms with E-state index in [-0.39, 0.29) is 10.8 Å². The zero-order valence-corrected chi connectivity index (χ0v) is 13.0. The molecular formula is C16H11FN2OS2. The number of rotatable bonds is 4. The Balaban J connectivity index is 1.95. The molecule has 0 spiro atoms.